The number of benzene rings is 3. The van der Waals surface area contributed by atoms with Crippen molar-refractivity contribution in [2.45, 2.75) is 13.3 Å². The van der Waals surface area contributed by atoms with E-state index in [2.05, 4.69) is 10.6 Å². The van der Waals surface area contributed by atoms with E-state index >= 15 is 0 Å². The molecule has 5 amide bonds. The molecule has 0 unspecified atom stereocenters. The number of hydrogen-bond acceptors (Lipinski definition) is 8. The first-order valence-electron chi connectivity index (χ1n) is 12.8. The number of ether oxygens (including phenoxy) is 4. The minimum atomic E-state index is -0.910. The van der Waals surface area contributed by atoms with Crippen molar-refractivity contribution in [1.82, 2.24) is 5.32 Å². The third-order valence-electron chi connectivity index (χ3n) is 5.95. The zero-order valence-electron chi connectivity index (χ0n) is 23.1. The van der Waals surface area contributed by atoms with Crippen molar-refractivity contribution in [2.75, 3.05) is 37.7 Å². The molecule has 11 nitrogen and oxygen atoms in total. The predicted molar refractivity (Wildman–Crippen MR) is 151 cm³/mol. The Labute approximate surface area is 240 Å². The van der Waals surface area contributed by atoms with E-state index in [1.54, 1.807) is 12.1 Å². The van der Waals surface area contributed by atoms with Gasteiger partial charge in [0.25, 0.3) is 17.7 Å². The molecule has 1 aliphatic heterocycles. The summed E-state index contributed by atoms with van der Waals surface area (Å²) < 4.78 is 35.0. The Balaban J connectivity index is 1.52. The Morgan fingerprint density at radius 3 is 2.26 bits per heavy atom. The number of nitrogens with zero attached hydrogens (tertiary/aromatic N) is 1. The SMILES string of the molecule is CCCOc1ccc(N2C(=O)NC(=O)/C(=C/c3ccc(OCC(=O)Nc4ccc(F)cc4)c(OC)c3)C2=O)cc1OC. The Morgan fingerprint density at radius 1 is 0.905 bits per heavy atom. The second-order valence-electron chi connectivity index (χ2n) is 8.90. The lowest BCUT2D eigenvalue weighted by molar-refractivity contribution is -0.122. The molecule has 1 saturated heterocycles. The number of barbiturate groups is 1. The first kappa shape index (κ1) is 29.6. The summed E-state index contributed by atoms with van der Waals surface area (Å²) in [5.74, 6) is -1.41. The fourth-order valence-corrected chi connectivity index (χ4v) is 3.95. The molecule has 0 bridgehead atoms. The topological polar surface area (TPSA) is 132 Å². The molecule has 3 aromatic rings. The van der Waals surface area contributed by atoms with Crippen LogP contribution in [0.1, 0.15) is 18.9 Å². The van der Waals surface area contributed by atoms with Gasteiger partial charge in [-0.15, -0.1) is 0 Å². The number of carbonyl (C=O) groups excluding carboxylic acids is 4. The molecule has 1 aliphatic rings. The normalized spacial score (nSPS) is 14.0. The number of hydrogen-bond donors (Lipinski definition) is 2. The summed E-state index contributed by atoms with van der Waals surface area (Å²) in [4.78, 5) is 51.7. The highest BCUT2D eigenvalue weighted by molar-refractivity contribution is 6.39. The summed E-state index contributed by atoms with van der Waals surface area (Å²) in [7, 11) is 2.82. The molecule has 0 atom stereocenters. The zero-order chi connectivity index (χ0) is 30.2. The minimum Gasteiger partial charge on any atom is -0.493 e. The smallest absolute Gasteiger partial charge is 0.335 e. The number of halogens is 1. The molecule has 218 valence electrons. The largest absolute Gasteiger partial charge is 0.493 e. The van der Waals surface area contributed by atoms with Crippen molar-refractivity contribution < 1.29 is 42.5 Å². The van der Waals surface area contributed by atoms with Crippen LogP contribution in [0.2, 0.25) is 0 Å². The maximum atomic E-state index is 13.4. The molecule has 2 N–H and O–H groups in total. The van der Waals surface area contributed by atoms with Crippen LogP contribution < -0.4 is 34.5 Å². The molecular formula is C30H28FN3O8. The molecule has 12 heteroatoms. The van der Waals surface area contributed by atoms with E-state index in [1.165, 1.54) is 68.8 Å². The summed E-state index contributed by atoms with van der Waals surface area (Å²) in [5.41, 5.74) is 0.677. The van der Waals surface area contributed by atoms with Gasteiger partial charge in [0.05, 0.1) is 26.5 Å². The van der Waals surface area contributed by atoms with Crippen LogP contribution in [0.25, 0.3) is 6.08 Å². The van der Waals surface area contributed by atoms with Gasteiger partial charge in [-0.2, -0.15) is 0 Å². The van der Waals surface area contributed by atoms with Crippen molar-refractivity contribution in [3.05, 3.63) is 77.6 Å². The molecule has 0 saturated carbocycles. The van der Waals surface area contributed by atoms with Crippen molar-refractivity contribution in [1.29, 1.82) is 0 Å². The van der Waals surface area contributed by atoms with Gasteiger partial charge in [-0.25, -0.2) is 14.1 Å². The third-order valence-corrected chi connectivity index (χ3v) is 5.95. The zero-order valence-corrected chi connectivity index (χ0v) is 23.1. The van der Waals surface area contributed by atoms with Gasteiger partial charge < -0.3 is 24.3 Å². The lowest BCUT2D eigenvalue weighted by Crippen LogP contribution is -2.54. The van der Waals surface area contributed by atoms with Gasteiger partial charge in [0.1, 0.15) is 11.4 Å². The second kappa shape index (κ2) is 13.3. The maximum absolute atomic E-state index is 13.4. The summed E-state index contributed by atoms with van der Waals surface area (Å²) >= 11 is 0. The van der Waals surface area contributed by atoms with Crippen LogP contribution in [0, 0.1) is 5.82 Å². The molecule has 42 heavy (non-hydrogen) atoms. The highest BCUT2D eigenvalue weighted by Gasteiger charge is 2.37. The molecule has 0 aliphatic carbocycles. The van der Waals surface area contributed by atoms with Gasteiger partial charge in [0, 0.05) is 11.8 Å². The van der Waals surface area contributed by atoms with E-state index in [0.717, 1.165) is 11.3 Å². The summed E-state index contributed by atoms with van der Waals surface area (Å²) in [6.07, 6.45) is 2.08. The van der Waals surface area contributed by atoms with Crippen molar-refractivity contribution in [2.24, 2.45) is 0 Å². The minimum absolute atomic E-state index is 0.178. The first-order valence-corrected chi connectivity index (χ1v) is 12.8. The number of methoxy groups -OCH3 is 2. The predicted octanol–water partition coefficient (Wildman–Crippen LogP) is 4.32. The molecular weight excluding hydrogens is 549 g/mol. The average Bonchev–Trinajstić information content (AvgIpc) is 2.98. The fraction of sp³-hybridized carbons (Fsp3) is 0.200. The third kappa shape index (κ3) is 6.84. The van der Waals surface area contributed by atoms with Crippen LogP contribution in [0.3, 0.4) is 0 Å². The highest BCUT2D eigenvalue weighted by Crippen LogP contribution is 2.34. The number of rotatable bonds is 11. The summed E-state index contributed by atoms with van der Waals surface area (Å²) in [6.45, 7) is 2.05. The second-order valence-corrected chi connectivity index (χ2v) is 8.90. The van der Waals surface area contributed by atoms with Crippen LogP contribution in [0.4, 0.5) is 20.6 Å². The van der Waals surface area contributed by atoms with E-state index in [0.29, 0.717) is 29.4 Å². The molecule has 1 heterocycles. The van der Waals surface area contributed by atoms with Gasteiger partial charge in [0.2, 0.25) is 0 Å². The molecule has 3 aromatic carbocycles. The maximum Gasteiger partial charge on any atom is 0.335 e. The number of carbonyl (C=O) groups is 4. The molecule has 0 aromatic heterocycles. The average molecular weight is 578 g/mol. The highest BCUT2D eigenvalue weighted by atomic mass is 19.1. The van der Waals surface area contributed by atoms with Crippen LogP contribution >= 0.6 is 0 Å². The van der Waals surface area contributed by atoms with E-state index in [1.807, 2.05) is 6.92 Å². The van der Waals surface area contributed by atoms with Crippen molar-refractivity contribution in [3.63, 3.8) is 0 Å². The first-order chi connectivity index (χ1) is 20.2. The van der Waals surface area contributed by atoms with Crippen molar-refractivity contribution >= 4 is 41.2 Å². The molecule has 0 radical (unpaired) electrons. The lowest BCUT2D eigenvalue weighted by atomic mass is 10.1. The standard InChI is InChI=1S/C30H28FN3O8/c1-4-13-41-23-12-10-21(16-26(23)40-3)34-29(37)22(28(36)33-30(34)38)14-18-5-11-24(25(15-18)39-2)42-17-27(35)32-20-8-6-19(31)7-9-20/h5-12,14-16H,4,13,17H2,1-3H3,(H,32,35)(H,33,36,38)/b22-14-. The number of imide groups is 2. The Hall–Kier alpha value is -5.39. The van der Waals surface area contributed by atoms with Crippen LogP contribution in [0.5, 0.6) is 23.0 Å². The van der Waals surface area contributed by atoms with Gasteiger partial charge >= 0.3 is 6.03 Å². The lowest BCUT2D eigenvalue weighted by Gasteiger charge is -2.27. The van der Waals surface area contributed by atoms with Gasteiger partial charge in [-0.1, -0.05) is 13.0 Å². The van der Waals surface area contributed by atoms with E-state index in [9.17, 15) is 23.6 Å². The summed E-state index contributed by atoms with van der Waals surface area (Å²) in [6, 6.07) is 13.5. The van der Waals surface area contributed by atoms with Crippen LogP contribution in [-0.2, 0) is 14.4 Å². The van der Waals surface area contributed by atoms with Crippen LogP contribution in [0.15, 0.2) is 66.2 Å². The Bertz CT molecular complexity index is 1540. The molecule has 4 rings (SSSR count). The fourth-order valence-electron chi connectivity index (χ4n) is 3.95. The Morgan fingerprint density at radius 2 is 1.57 bits per heavy atom. The van der Waals surface area contributed by atoms with Crippen LogP contribution in [-0.4, -0.2) is 51.2 Å². The number of urea groups is 1. The van der Waals surface area contributed by atoms with Crippen molar-refractivity contribution in [3.8, 4) is 23.0 Å². The van der Waals surface area contributed by atoms with Gasteiger partial charge in [0.15, 0.2) is 29.6 Å². The summed E-state index contributed by atoms with van der Waals surface area (Å²) in [5, 5.41) is 4.76. The van der Waals surface area contributed by atoms with Gasteiger partial charge in [-0.3, -0.25) is 19.7 Å². The van der Waals surface area contributed by atoms with E-state index in [4.69, 9.17) is 18.9 Å². The van der Waals surface area contributed by atoms with E-state index in [-0.39, 0.29) is 29.4 Å². The quantitative estimate of drug-likeness (QED) is 0.255. The molecule has 0 spiro atoms. The number of amides is 5. The number of nitrogens with one attached hydrogen (secondary N) is 2. The van der Waals surface area contributed by atoms with E-state index < -0.39 is 29.6 Å². The van der Waals surface area contributed by atoms with Gasteiger partial charge in [-0.05, 0) is 66.6 Å². The Kier molecular flexibility index (Phi) is 9.38. The monoisotopic (exact) mass is 577 g/mol. The number of anilines is 2. The molecule has 1 fully saturated rings.